The molecule has 0 unspecified atom stereocenters. The van der Waals surface area contributed by atoms with Gasteiger partial charge in [0.1, 0.15) is 0 Å². The van der Waals surface area contributed by atoms with Crippen LogP contribution in [0.5, 0.6) is 0 Å². The number of halogens is 2. The van der Waals surface area contributed by atoms with Gasteiger partial charge in [0.2, 0.25) is 0 Å². The van der Waals surface area contributed by atoms with Crippen molar-refractivity contribution in [3.05, 3.63) is 58.6 Å². The highest BCUT2D eigenvalue weighted by Crippen LogP contribution is 2.30. The Bertz CT molecular complexity index is 665. The van der Waals surface area contributed by atoms with E-state index in [1.807, 2.05) is 0 Å². The second-order valence-electron chi connectivity index (χ2n) is 3.81. The fraction of sp³-hybridized carbons (Fsp3) is 0. The fourth-order valence-electron chi connectivity index (χ4n) is 1.82. The Kier molecular flexibility index (Phi) is 3.88. The van der Waals surface area contributed by atoms with Crippen LogP contribution in [-0.2, 0) is 0 Å². The van der Waals surface area contributed by atoms with E-state index in [2.05, 4.69) is 0 Å². The highest BCUT2D eigenvalue weighted by molar-refractivity contribution is 6.68. The molecule has 0 amide bonds. The summed E-state index contributed by atoms with van der Waals surface area (Å²) in [5.74, 6) is -1.09. The van der Waals surface area contributed by atoms with Crippen LogP contribution in [0, 0.1) is 0 Å². The summed E-state index contributed by atoms with van der Waals surface area (Å²) in [4.78, 5) is 22.6. The Balaban J connectivity index is 2.75. The number of carboxylic acid groups (broad SMARTS) is 1. The van der Waals surface area contributed by atoms with Crippen molar-refractivity contribution < 1.29 is 14.7 Å². The molecule has 2 rings (SSSR count). The van der Waals surface area contributed by atoms with Crippen LogP contribution in [0.25, 0.3) is 11.1 Å². The number of rotatable bonds is 3. The summed E-state index contributed by atoms with van der Waals surface area (Å²) in [6, 6.07) is 10.9. The molecule has 0 aliphatic carbocycles. The van der Waals surface area contributed by atoms with Gasteiger partial charge in [0, 0.05) is 10.6 Å². The largest absolute Gasteiger partial charge is 0.478 e. The van der Waals surface area contributed by atoms with Crippen molar-refractivity contribution in [1.29, 1.82) is 0 Å². The highest BCUT2D eigenvalue weighted by atomic mass is 35.5. The fourth-order valence-corrected chi connectivity index (χ4v) is 2.15. The molecule has 0 spiro atoms. The molecule has 0 aromatic heterocycles. The van der Waals surface area contributed by atoms with Crippen molar-refractivity contribution in [2.45, 2.75) is 0 Å². The van der Waals surface area contributed by atoms with E-state index in [0.717, 1.165) is 0 Å². The number of aromatic carboxylic acids is 1. The molecule has 0 heterocycles. The molecule has 0 fully saturated rings. The third kappa shape index (κ3) is 2.78. The zero-order chi connectivity index (χ0) is 14.0. The molecular weight excluding hydrogens is 287 g/mol. The van der Waals surface area contributed by atoms with Crippen LogP contribution in [-0.4, -0.2) is 16.3 Å². The second kappa shape index (κ2) is 5.43. The summed E-state index contributed by atoms with van der Waals surface area (Å²) in [5, 5.41) is 8.93. The predicted octanol–water partition coefficient (Wildman–Crippen LogP) is 4.08. The molecule has 0 aliphatic rings. The molecule has 2 aromatic rings. The molecule has 2 aromatic carbocycles. The first-order chi connectivity index (χ1) is 9.00. The lowest BCUT2D eigenvalue weighted by atomic mass is 9.96. The maximum absolute atomic E-state index is 11.4. The SMILES string of the molecule is O=C(O)c1ccc(Cl)cc1-c1ccccc1C(=O)Cl. The summed E-state index contributed by atoms with van der Waals surface area (Å²) in [5.41, 5.74) is 1.12. The van der Waals surface area contributed by atoms with Gasteiger partial charge in [-0.1, -0.05) is 29.8 Å². The van der Waals surface area contributed by atoms with Gasteiger partial charge in [0.05, 0.1) is 5.56 Å². The molecule has 0 bridgehead atoms. The quantitative estimate of drug-likeness (QED) is 0.868. The Hall–Kier alpha value is -1.84. The molecule has 96 valence electrons. The van der Waals surface area contributed by atoms with E-state index in [0.29, 0.717) is 16.1 Å². The number of hydrogen-bond acceptors (Lipinski definition) is 2. The first-order valence-electron chi connectivity index (χ1n) is 5.33. The molecule has 0 atom stereocenters. The normalized spacial score (nSPS) is 10.2. The first kappa shape index (κ1) is 13.6. The number of carboxylic acids is 1. The van der Waals surface area contributed by atoms with Crippen molar-refractivity contribution in [1.82, 2.24) is 0 Å². The molecule has 5 heteroatoms. The monoisotopic (exact) mass is 294 g/mol. The maximum Gasteiger partial charge on any atom is 0.336 e. The van der Waals surface area contributed by atoms with Crippen LogP contribution in [0.15, 0.2) is 42.5 Å². The number of carbonyl (C=O) groups is 2. The highest BCUT2D eigenvalue weighted by Gasteiger charge is 2.17. The Morgan fingerprint density at radius 1 is 0.947 bits per heavy atom. The summed E-state index contributed by atoms with van der Waals surface area (Å²) in [6.45, 7) is 0. The van der Waals surface area contributed by atoms with Crippen LogP contribution in [0.3, 0.4) is 0 Å². The zero-order valence-corrected chi connectivity index (χ0v) is 11.1. The van der Waals surface area contributed by atoms with Crippen LogP contribution in [0.1, 0.15) is 20.7 Å². The lowest BCUT2D eigenvalue weighted by Crippen LogP contribution is -2.02. The van der Waals surface area contributed by atoms with Gasteiger partial charge in [-0.3, -0.25) is 4.79 Å². The van der Waals surface area contributed by atoms with Crippen molar-refractivity contribution in [2.75, 3.05) is 0 Å². The summed E-state index contributed by atoms with van der Waals surface area (Å²) in [6.07, 6.45) is 0. The Morgan fingerprint density at radius 3 is 2.26 bits per heavy atom. The van der Waals surface area contributed by atoms with E-state index in [4.69, 9.17) is 23.2 Å². The molecule has 0 saturated heterocycles. The average molecular weight is 295 g/mol. The maximum atomic E-state index is 11.4. The zero-order valence-electron chi connectivity index (χ0n) is 9.56. The standard InChI is InChI=1S/C14H8Cl2O3/c15-8-5-6-11(14(18)19)12(7-8)9-3-1-2-4-10(9)13(16)17/h1-7H,(H,18,19). The van der Waals surface area contributed by atoms with Crippen molar-refractivity contribution in [2.24, 2.45) is 0 Å². The topological polar surface area (TPSA) is 54.4 Å². The van der Waals surface area contributed by atoms with Crippen LogP contribution < -0.4 is 0 Å². The number of benzene rings is 2. The molecule has 0 radical (unpaired) electrons. The van der Waals surface area contributed by atoms with Crippen LogP contribution >= 0.6 is 23.2 Å². The van der Waals surface area contributed by atoms with Gasteiger partial charge in [-0.2, -0.15) is 0 Å². The molecule has 1 N–H and O–H groups in total. The van der Waals surface area contributed by atoms with Crippen LogP contribution in [0.2, 0.25) is 5.02 Å². The first-order valence-corrected chi connectivity index (χ1v) is 6.08. The van der Waals surface area contributed by atoms with Gasteiger partial charge >= 0.3 is 5.97 Å². The Labute approximate surface area is 119 Å². The van der Waals surface area contributed by atoms with E-state index in [-0.39, 0.29) is 11.1 Å². The van der Waals surface area contributed by atoms with Gasteiger partial charge in [-0.05, 0) is 47.0 Å². The van der Waals surface area contributed by atoms with E-state index in [1.54, 1.807) is 18.2 Å². The predicted molar refractivity (Wildman–Crippen MR) is 74.0 cm³/mol. The van der Waals surface area contributed by atoms with E-state index in [1.165, 1.54) is 24.3 Å². The van der Waals surface area contributed by atoms with E-state index >= 15 is 0 Å². The summed E-state index contributed by atoms with van der Waals surface area (Å²) < 4.78 is 0. The lowest BCUT2D eigenvalue weighted by molar-refractivity contribution is 0.0697. The van der Waals surface area contributed by atoms with E-state index in [9.17, 15) is 14.7 Å². The Morgan fingerprint density at radius 2 is 1.63 bits per heavy atom. The summed E-state index contributed by atoms with van der Waals surface area (Å²) in [7, 11) is 0. The van der Waals surface area contributed by atoms with Gasteiger partial charge in [0.15, 0.2) is 0 Å². The third-order valence-electron chi connectivity index (χ3n) is 2.64. The van der Waals surface area contributed by atoms with Gasteiger partial charge in [0.25, 0.3) is 5.24 Å². The lowest BCUT2D eigenvalue weighted by Gasteiger charge is -2.10. The number of hydrogen-bond donors (Lipinski definition) is 1. The summed E-state index contributed by atoms with van der Waals surface area (Å²) >= 11 is 11.4. The van der Waals surface area contributed by atoms with Gasteiger partial charge < -0.3 is 5.11 Å². The second-order valence-corrected chi connectivity index (χ2v) is 4.59. The minimum absolute atomic E-state index is 0.0646. The van der Waals surface area contributed by atoms with Crippen molar-refractivity contribution in [3.8, 4) is 11.1 Å². The third-order valence-corrected chi connectivity index (χ3v) is 3.08. The van der Waals surface area contributed by atoms with Crippen LogP contribution in [0.4, 0.5) is 0 Å². The smallest absolute Gasteiger partial charge is 0.336 e. The minimum atomic E-state index is -1.09. The van der Waals surface area contributed by atoms with Gasteiger partial charge in [-0.25, -0.2) is 4.79 Å². The molecule has 0 aliphatic heterocycles. The molecule has 0 saturated carbocycles. The minimum Gasteiger partial charge on any atom is -0.478 e. The number of carbonyl (C=O) groups excluding carboxylic acids is 1. The molecule has 3 nitrogen and oxygen atoms in total. The molecule has 19 heavy (non-hydrogen) atoms. The van der Waals surface area contributed by atoms with Gasteiger partial charge in [-0.15, -0.1) is 0 Å². The van der Waals surface area contributed by atoms with Crippen molar-refractivity contribution in [3.63, 3.8) is 0 Å². The average Bonchev–Trinajstić information content (AvgIpc) is 2.38. The van der Waals surface area contributed by atoms with E-state index < -0.39 is 11.2 Å². The van der Waals surface area contributed by atoms with Crippen molar-refractivity contribution >= 4 is 34.4 Å². The molecular formula is C14H8Cl2O3.